The summed E-state index contributed by atoms with van der Waals surface area (Å²) >= 11 is 6.03. The topological polar surface area (TPSA) is 86.1 Å². The van der Waals surface area contributed by atoms with Crippen molar-refractivity contribution in [3.05, 3.63) is 93.0 Å². The van der Waals surface area contributed by atoms with E-state index >= 15 is 0 Å². The average Bonchev–Trinajstić information content (AvgIpc) is 2.79. The predicted octanol–water partition coefficient (Wildman–Crippen LogP) is 4.03. The fraction of sp³-hybridized carbons (Fsp3) is 0.0909. The van der Waals surface area contributed by atoms with Gasteiger partial charge in [-0.3, -0.25) is 14.6 Å². The lowest BCUT2D eigenvalue weighted by molar-refractivity contribution is 0.102. The third-order valence-corrected chi connectivity index (χ3v) is 5.07. The number of carbonyl (C=O) groups excluding carboxylic acids is 1. The SMILES string of the molecule is COc1ccc2c(n1)c(=O)c(C(=O)Nc1ccncc1Cl)cn2Cc1c(F)cccc1F. The number of nitrogens with zero attached hydrogens (tertiary/aromatic N) is 3. The van der Waals surface area contributed by atoms with E-state index in [0.717, 1.165) is 12.1 Å². The highest BCUT2D eigenvalue weighted by Gasteiger charge is 2.20. The van der Waals surface area contributed by atoms with Gasteiger partial charge in [-0.2, -0.15) is 0 Å². The number of ether oxygens (including phenoxy) is 1. The molecule has 0 aliphatic rings. The second kappa shape index (κ2) is 8.72. The van der Waals surface area contributed by atoms with Crippen molar-refractivity contribution in [3.63, 3.8) is 0 Å². The van der Waals surface area contributed by atoms with Crippen molar-refractivity contribution in [2.45, 2.75) is 6.54 Å². The number of nitrogens with one attached hydrogen (secondary N) is 1. The summed E-state index contributed by atoms with van der Waals surface area (Å²) < 4.78 is 35.0. The zero-order valence-electron chi connectivity index (χ0n) is 16.6. The zero-order valence-corrected chi connectivity index (χ0v) is 17.4. The van der Waals surface area contributed by atoms with Crippen LogP contribution < -0.4 is 15.5 Å². The van der Waals surface area contributed by atoms with Gasteiger partial charge in [0.15, 0.2) is 0 Å². The Morgan fingerprint density at radius 2 is 1.94 bits per heavy atom. The Kier molecular flexibility index (Phi) is 5.83. The number of halogens is 3. The molecule has 1 N–H and O–H groups in total. The van der Waals surface area contributed by atoms with Crippen molar-refractivity contribution in [3.8, 4) is 5.88 Å². The van der Waals surface area contributed by atoms with Gasteiger partial charge >= 0.3 is 0 Å². The van der Waals surface area contributed by atoms with Crippen LogP contribution in [-0.2, 0) is 6.54 Å². The van der Waals surface area contributed by atoms with Gasteiger partial charge in [-0.15, -0.1) is 0 Å². The Bertz CT molecular complexity index is 1390. The summed E-state index contributed by atoms with van der Waals surface area (Å²) in [4.78, 5) is 34.0. The molecular weight excluding hydrogens is 442 g/mol. The Morgan fingerprint density at radius 3 is 2.62 bits per heavy atom. The number of methoxy groups -OCH3 is 1. The van der Waals surface area contributed by atoms with E-state index in [1.165, 1.54) is 54.5 Å². The van der Waals surface area contributed by atoms with Crippen LogP contribution in [0.5, 0.6) is 5.88 Å². The molecule has 0 spiro atoms. The van der Waals surface area contributed by atoms with E-state index in [1.54, 1.807) is 0 Å². The van der Waals surface area contributed by atoms with Crippen molar-refractivity contribution < 1.29 is 18.3 Å². The normalized spacial score (nSPS) is 10.9. The Labute approximate surface area is 185 Å². The molecule has 0 saturated heterocycles. The molecule has 0 bridgehead atoms. The van der Waals surface area contributed by atoms with Crippen LogP contribution in [0.3, 0.4) is 0 Å². The summed E-state index contributed by atoms with van der Waals surface area (Å²) in [6, 6.07) is 8.01. The Morgan fingerprint density at radius 1 is 1.19 bits per heavy atom. The maximum Gasteiger partial charge on any atom is 0.261 e. The summed E-state index contributed by atoms with van der Waals surface area (Å²) in [6.07, 6.45) is 3.99. The van der Waals surface area contributed by atoms with Crippen molar-refractivity contribution in [2.75, 3.05) is 12.4 Å². The fourth-order valence-electron chi connectivity index (χ4n) is 3.17. The van der Waals surface area contributed by atoms with Crippen LogP contribution in [0.1, 0.15) is 15.9 Å². The maximum atomic E-state index is 14.3. The summed E-state index contributed by atoms with van der Waals surface area (Å²) in [7, 11) is 1.38. The van der Waals surface area contributed by atoms with E-state index < -0.39 is 23.0 Å². The smallest absolute Gasteiger partial charge is 0.261 e. The van der Waals surface area contributed by atoms with Crippen LogP contribution in [0.25, 0.3) is 11.0 Å². The molecule has 3 heterocycles. The minimum absolute atomic E-state index is 0.0884. The van der Waals surface area contributed by atoms with E-state index in [9.17, 15) is 18.4 Å². The fourth-order valence-corrected chi connectivity index (χ4v) is 3.34. The minimum atomic E-state index is -0.766. The standard InChI is InChI=1S/C22H15ClF2N4O3/c1-32-19-6-5-18-20(28-19)21(30)13(22(31)27-17-7-8-26-9-14(17)23)11-29(18)10-12-15(24)3-2-4-16(12)25/h2-9,11H,10H2,1H3,(H,26,27,31). The van der Waals surface area contributed by atoms with Gasteiger partial charge in [0.1, 0.15) is 22.7 Å². The number of hydrogen-bond donors (Lipinski definition) is 1. The molecule has 4 rings (SSSR count). The molecule has 32 heavy (non-hydrogen) atoms. The molecular formula is C22H15ClF2N4O3. The quantitative estimate of drug-likeness (QED) is 0.490. The maximum absolute atomic E-state index is 14.3. The largest absolute Gasteiger partial charge is 0.481 e. The van der Waals surface area contributed by atoms with Crippen molar-refractivity contribution >= 4 is 34.2 Å². The van der Waals surface area contributed by atoms with E-state index in [2.05, 4.69) is 15.3 Å². The van der Waals surface area contributed by atoms with Crippen LogP contribution in [0.2, 0.25) is 5.02 Å². The number of anilines is 1. The third-order valence-electron chi connectivity index (χ3n) is 4.77. The molecule has 0 fully saturated rings. The molecule has 0 atom stereocenters. The first-order chi connectivity index (χ1) is 15.4. The minimum Gasteiger partial charge on any atom is -0.481 e. The summed E-state index contributed by atoms with van der Waals surface area (Å²) in [5.74, 6) is -2.13. The highest BCUT2D eigenvalue weighted by Crippen LogP contribution is 2.22. The zero-order chi connectivity index (χ0) is 22.8. The van der Waals surface area contributed by atoms with E-state index in [1.807, 2.05) is 0 Å². The Balaban J connectivity index is 1.88. The monoisotopic (exact) mass is 456 g/mol. The van der Waals surface area contributed by atoms with Crippen LogP contribution >= 0.6 is 11.6 Å². The summed E-state index contributed by atoms with van der Waals surface area (Å²) in [6.45, 7) is -0.278. The molecule has 0 saturated carbocycles. The highest BCUT2D eigenvalue weighted by atomic mass is 35.5. The number of rotatable bonds is 5. The molecule has 1 amide bonds. The van der Waals surface area contributed by atoms with Gasteiger partial charge in [-0.1, -0.05) is 17.7 Å². The lowest BCUT2D eigenvalue weighted by atomic mass is 10.1. The van der Waals surface area contributed by atoms with E-state index in [-0.39, 0.29) is 45.3 Å². The summed E-state index contributed by atoms with van der Waals surface area (Å²) in [5.41, 5.74) is -0.755. The number of amides is 1. The number of aromatic nitrogens is 3. The van der Waals surface area contributed by atoms with Crippen molar-refractivity contribution in [1.82, 2.24) is 14.5 Å². The highest BCUT2D eigenvalue weighted by molar-refractivity contribution is 6.33. The number of pyridine rings is 3. The van der Waals surface area contributed by atoms with Gasteiger partial charge in [-0.05, 0) is 24.3 Å². The van der Waals surface area contributed by atoms with Gasteiger partial charge in [-0.25, -0.2) is 13.8 Å². The Hall–Kier alpha value is -3.85. The van der Waals surface area contributed by atoms with Gasteiger partial charge in [0.25, 0.3) is 5.91 Å². The molecule has 0 aliphatic heterocycles. The molecule has 0 radical (unpaired) electrons. The molecule has 0 aliphatic carbocycles. The number of hydrogen-bond acceptors (Lipinski definition) is 5. The van der Waals surface area contributed by atoms with Gasteiger partial charge < -0.3 is 14.6 Å². The van der Waals surface area contributed by atoms with Crippen LogP contribution in [0.15, 0.2) is 59.8 Å². The van der Waals surface area contributed by atoms with Crippen LogP contribution in [0.4, 0.5) is 14.5 Å². The molecule has 10 heteroatoms. The van der Waals surface area contributed by atoms with Crippen LogP contribution in [0, 0.1) is 11.6 Å². The molecule has 4 aromatic rings. The molecule has 1 aromatic carbocycles. The van der Waals surface area contributed by atoms with E-state index in [0.29, 0.717) is 0 Å². The first-order valence-corrected chi connectivity index (χ1v) is 9.68. The van der Waals surface area contributed by atoms with Crippen LogP contribution in [-0.4, -0.2) is 27.6 Å². The lowest BCUT2D eigenvalue weighted by Gasteiger charge is -2.15. The second-order valence-electron chi connectivity index (χ2n) is 6.73. The van der Waals surface area contributed by atoms with Crippen molar-refractivity contribution in [2.24, 2.45) is 0 Å². The first kappa shape index (κ1) is 21.4. The van der Waals surface area contributed by atoms with Gasteiger partial charge in [0, 0.05) is 30.2 Å². The molecule has 3 aromatic heterocycles. The predicted molar refractivity (Wildman–Crippen MR) is 115 cm³/mol. The summed E-state index contributed by atoms with van der Waals surface area (Å²) in [5, 5.41) is 2.72. The van der Waals surface area contributed by atoms with Gasteiger partial charge in [0.2, 0.25) is 11.3 Å². The first-order valence-electron chi connectivity index (χ1n) is 9.31. The lowest BCUT2D eigenvalue weighted by Crippen LogP contribution is -2.25. The molecule has 162 valence electrons. The van der Waals surface area contributed by atoms with Gasteiger partial charge in [0.05, 0.1) is 29.9 Å². The van der Waals surface area contributed by atoms with E-state index in [4.69, 9.17) is 16.3 Å². The van der Waals surface area contributed by atoms with Crippen molar-refractivity contribution in [1.29, 1.82) is 0 Å². The average molecular weight is 457 g/mol. The third kappa shape index (κ3) is 4.02. The number of carbonyl (C=O) groups is 1. The molecule has 7 nitrogen and oxygen atoms in total. The molecule has 0 unspecified atom stereocenters. The number of benzene rings is 1. The number of fused-ring (bicyclic) bond motifs is 1. The second-order valence-corrected chi connectivity index (χ2v) is 7.14.